The van der Waals surface area contributed by atoms with Gasteiger partial charge >= 0.3 is 0 Å². The number of benzene rings is 1. The molecule has 0 saturated carbocycles. The largest absolute Gasteiger partial charge is 0.376 e. The van der Waals surface area contributed by atoms with Crippen molar-refractivity contribution in [1.29, 1.82) is 0 Å². The molecule has 2 heterocycles. The minimum atomic E-state index is -0.368. The van der Waals surface area contributed by atoms with Crippen molar-refractivity contribution in [3.8, 4) is 11.1 Å². The van der Waals surface area contributed by atoms with Gasteiger partial charge in [-0.15, -0.1) is 0 Å². The highest BCUT2D eigenvalue weighted by Crippen LogP contribution is 2.21. The van der Waals surface area contributed by atoms with E-state index in [1.54, 1.807) is 6.07 Å². The molecule has 1 aliphatic heterocycles. The SMILES string of the molecule is Cc1[nH]c(=O)c(C(=O)NC[C@H]2CCCO2)cc1-c1ccccc1. The predicted octanol–water partition coefficient (Wildman–Crippen LogP) is 2.26. The summed E-state index contributed by atoms with van der Waals surface area (Å²) >= 11 is 0. The fourth-order valence-corrected chi connectivity index (χ4v) is 2.82. The van der Waals surface area contributed by atoms with Crippen molar-refractivity contribution in [1.82, 2.24) is 10.3 Å². The Bertz CT molecular complexity index is 747. The molecule has 2 N–H and O–H groups in total. The lowest BCUT2D eigenvalue weighted by atomic mass is 10.0. The fraction of sp³-hybridized carbons (Fsp3) is 0.333. The monoisotopic (exact) mass is 312 g/mol. The average Bonchev–Trinajstić information content (AvgIpc) is 3.07. The average molecular weight is 312 g/mol. The minimum Gasteiger partial charge on any atom is -0.376 e. The molecule has 120 valence electrons. The second-order valence-electron chi connectivity index (χ2n) is 5.76. The molecule has 23 heavy (non-hydrogen) atoms. The molecular weight excluding hydrogens is 292 g/mol. The maximum Gasteiger partial charge on any atom is 0.261 e. The highest BCUT2D eigenvalue weighted by atomic mass is 16.5. The number of aryl methyl sites for hydroxylation is 1. The van der Waals surface area contributed by atoms with Gasteiger partial charge in [-0.1, -0.05) is 30.3 Å². The summed E-state index contributed by atoms with van der Waals surface area (Å²) in [6.45, 7) is 3.01. The van der Waals surface area contributed by atoms with E-state index in [1.807, 2.05) is 37.3 Å². The molecule has 5 nitrogen and oxygen atoms in total. The van der Waals surface area contributed by atoms with Crippen molar-refractivity contribution in [3.63, 3.8) is 0 Å². The van der Waals surface area contributed by atoms with Crippen molar-refractivity contribution in [2.75, 3.05) is 13.2 Å². The lowest BCUT2D eigenvalue weighted by Crippen LogP contribution is -2.35. The zero-order valence-electron chi connectivity index (χ0n) is 13.1. The molecule has 0 aliphatic carbocycles. The molecule has 1 aromatic heterocycles. The first-order valence-electron chi connectivity index (χ1n) is 7.84. The maximum absolute atomic E-state index is 12.3. The second kappa shape index (κ2) is 6.79. The first-order valence-corrected chi connectivity index (χ1v) is 7.84. The summed E-state index contributed by atoms with van der Waals surface area (Å²) in [4.78, 5) is 27.2. The molecule has 5 heteroatoms. The van der Waals surface area contributed by atoms with Crippen LogP contribution in [0.15, 0.2) is 41.2 Å². The van der Waals surface area contributed by atoms with E-state index in [4.69, 9.17) is 4.74 Å². The van der Waals surface area contributed by atoms with Crippen LogP contribution in [-0.4, -0.2) is 30.1 Å². The Labute approximate surface area is 134 Å². The number of nitrogens with one attached hydrogen (secondary N) is 2. The highest BCUT2D eigenvalue weighted by molar-refractivity contribution is 5.95. The normalized spacial score (nSPS) is 17.2. The first-order chi connectivity index (χ1) is 11.1. The van der Waals surface area contributed by atoms with Crippen molar-refractivity contribution < 1.29 is 9.53 Å². The molecular formula is C18H20N2O3. The van der Waals surface area contributed by atoms with E-state index < -0.39 is 0 Å². The molecule has 0 radical (unpaired) electrons. The van der Waals surface area contributed by atoms with Crippen LogP contribution in [0.25, 0.3) is 11.1 Å². The second-order valence-corrected chi connectivity index (χ2v) is 5.76. The van der Waals surface area contributed by atoms with Gasteiger partial charge in [0.25, 0.3) is 11.5 Å². The summed E-state index contributed by atoms with van der Waals surface area (Å²) in [5, 5.41) is 2.80. The van der Waals surface area contributed by atoms with Crippen LogP contribution in [0.1, 0.15) is 28.9 Å². The van der Waals surface area contributed by atoms with E-state index in [0.29, 0.717) is 6.54 Å². The summed E-state index contributed by atoms with van der Waals surface area (Å²) in [7, 11) is 0. The Hall–Kier alpha value is -2.40. The summed E-state index contributed by atoms with van der Waals surface area (Å²) in [5.41, 5.74) is 2.33. The van der Waals surface area contributed by atoms with Crippen molar-refractivity contribution in [3.05, 3.63) is 58.0 Å². The Kier molecular flexibility index (Phi) is 4.57. The van der Waals surface area contributed by atoms with Gasteiger partial charge in [-0.25, -0.2) is 0 Å². The number of carbonyl (C=O) groups excluding carboxylic acids is 1. The molecule has 1 fully saturated rings. The van der Waals surface area contributed by atoms with Gasteiger partial charge in [0.2, 0.25) is 0 Å². The number of ether oxygens (including phenoxy) is 1. The molecule has 0 bridgehead atoms. The molecule has 1 aliphatic rings. The van der Waals surface area contributed by atoms with Gasteiger partial charge in [0.15, 0.2) is 0 Å². The molecule has 2 aromatic rings. The van der Waals surface area contributed by atoms with Crippen LogP contribution >= 0.6 is 0 Å². The number of aromatic nitrogens is 1. The lowest BCUT2D eigenvalue weighted by molar-refractivity contribution is 0.0856. The van der Waals surface area contributed by atoms with Gasteiger partial charge in [0.1, 0.15) is 5.56 Å². The number of hydrogen-bond donors (Lipinski definition) is 2. The van der Waals surface area contributed by atoms with E-state index in [2.05, 4.69) is 10.3 Å². The molecule has 3 rings (SSSR count). The number of amides is 1. The smallest absolute Gasteiger partial charge is 0.261 e. The molecule has 1 saturated heterocycles. The summed E-state index contributed by atoms with van der Waals surface area (Å²) in [6.07, 6.45) is 2.01. The lowest BCUT2D eigenvalue weighted by Gasteiger charge is -2.12. The molecule has 0 unspecified atom stereocenters. The van der Waals surface area contributed by atoms with Crippen LogP contribution in [0, 0.1) is 6.92 Å². The minimum absolute atomic E-state index is 0.0528. The quantitative estimate of drug-likeness (QED) is 0.909. The van der Waals surface area contributed by atoms with Crippen LogP contribution in [-0.2, 0) is 4.74 Å². The molecule has 1 aromatic carbocycles. The van der Waals surface area contributed by atoms with Gasteiger partial charge in [-0.05, 0) is 31.4 Å². The topological polar surface area (TPSA) is 71.2 Å². The van der Waals surface area contributed by atoms with Crippen LogP contribution in [0.4, 0.5) is 0 Å². The number of hydrogen-bond acceptors (Lipinski definition) is 3. The zero-order chi connectivity index (χ0) is 16.2. The van der Waals surface area contributed by atoms with Crippen molar-refractivity contribution in [2.45, 2.75) is 25.9 Å². The molecule has 1 atom stereocenters. The molecule has 0 spiro atoms. The maximum atomic E-state index is 12.3. The first kappa shape index (κ1) is 15.5. The van der Waals surface area contributed by atoms with Gasteiger partial charge in [-0.3, -0.25) is 9.59 Å². The Morgan fingerprint density at radius 3 is 2.83 bits per heavy atom. The predicted molar refractivity (Wildman–Crippen MR) is 88.5 cm³/mol. The Balaban J connectivity index is 1.84. The summed E-state index contributed by atoms with van der Waals surface area (Å²) in [5.74, 6) is -0.362. The van der Waals surface area contributed by atoms with Crippen molar-refractivity contribution in [2.24, 2.45) is 0 Å². The van der Waals surface area contributed by atoms with Gasteiger partial charge in [0.05, 0.1) is 6.10 Å². The number of aromatic amines is 1. The van der Waals surface area contributed by atoms with Gasteiger partial charge in [-0.2, -0.15) is 0 Å². The van der Waals surface area contributed by atoms with Crippen LogP contribution in [0.2, 0.25) is 0 Å². The van der Waals surface area contributed by atoms with Gasteiger partial charge < -0.3 is 15.0 Å². The number of rotatable bonds is 4. The third-order valence-electron chi connectivity index (χ3n) is 4.08. The summed E-state index contributed by atoms with van der Waals surface area (Å²) < 4.78 is 5.48. The summed E-state index contributed by atoms with van der Waals surface area (Å²) in [6, 6.07) is 11.4. The van der Waals surface area contributed by atoms with Crippen molar-refractivity contribution >= 4 is 5.91 Å². The van der Waals surface area contributed by atoms with E-state index in [1.165, 1.54) is 0 Å². The fourth-order valence-electron chi connectivity index (χ4n) is 2.82. The van der Waals surface area contributed by atoms with E-state index in [9.17, 15) is 9.59 Å². The zero-order valence-corrected chi connectivity index (χ0v) is 13.1. The van der Waals surface area contributed by atoms with E-state index in [0.717, 1.165) is 36.3 Å². The third kappa shape index (κ3) is 3.51. The highest BCUT2D eigenvalue weighted by Gasteiger charge is 2.19. The van der Waals surface area contributed by atoms with E-state index in [-0.39, 0.29) is 23.1 Å². The number of carbonyl (C=O) groups is 1. The Morgan fingerprint density at radius 2 is 2.13 bits per heavy atom. The standard InChI is InChI=1S/C18H20N2O3/c1-12-15(13-6-3-2-4-7-13)10-16(18(22)20-12)17(21)19-11-14-8-5-9-23-14/h2-4,6-7,10,14H,5,8-9,11H2,1H3,(H,19,21)(H,20,22)/t14-/m1/s1. The number of pyridine rings is 1. The third-order valence-corrected chi connectivity index (χ3v) is 4.08. The Morgan fingerprint density at radius 1 is 1.35 bits per heavy atom. The van der Waals surface area contributed by atoms with Gasteiger partial charge in [0, 0.05) is 24.4 Å². The molecule has 1 amide bonds. The van der Waals surface area contributed by atoms with Crippen LogP contribution in [0.5, 0.6) is 0 Å². The van der Waals surface area contributed by atoms with Crippen LogP contribution < -0.4 is 10.9 Å². The van der Waals surface area contributed by atoms with E-state index >= 15 is 0 Å². The van der Waals surface area contributed by atoms with Crippen LogP contribution in [0.3, 0.4) is 0 Å². The number of H-pyrrole nitrogens is 1.